The first-order chi connectivity index (χ1) is 17.5. The Kier molecular flexibility index (Phi) is 6.03. The number of carbonyl (C=O) groups is 3. The number of thiophene rings is 1. The van der Waals surface area contributed by atoms with Crippen LogP contribution in [0, 0.1) is 0 Å². The summed E-state index contributed by atoms with van der Waals surface area (Å²) in [5.41, 5.74) is 2.53. The molecule has 0 atom stereocenters. The summed E-state index contributed by atoms with van der Waals surface area (Å²) in [5.74, 6) is -0.323. The van der Waals surface area contributed by atoms with E-state index in [1.165, 1.54) is 32.7 Å². The highest BCUT2D eigenvalue weighted by atomic mass is 32.1. The van der Waals surface area contributed by atoms with Crippen LogP contribution in [0.25, 0.3) is 11.1 Å². The maximum Gasteiger partial charge on any atom is 0.266 e. The number of nitrogens with zero attached hydrogens (tertiary/aromatic N) is 1. The van der Waals surface area contributed by atoms with E-state index in [0.29, 0.717) is 33.9 Å². The molecule has 0 bridgehead atoms. The predicted octanol–water partition coefficient (Wildman–Crippen LogP) is 5.47. The predicted molar refractivity (Wildman–Crippen MR) is 137 cm³/mol. The van der Waals surface area contributed by atoms with Crippen molar-refractivity contribution in [3.63, 3.8) is 0 Å². The van der Waals surface area contributed by atoms with Crippen LogP contribution in [-0.4, -0.2) is 38.9 Å². The fourth-order valence-electron chi connectivity index (χ4n) is 4.29. The quantitative estimate of drug-likeness (QED) is 0.248. The Labute approximate surface area is 211 Å². The third-order valence-corrected chi connectivity index (χ3v) is 6.97. The maximum absolute atomic E-state index is 14.1. The molecule has 0 N–H and O–H groups in total. The van der Waals surface area contributed by atoms with Crippen LogP contribution in [0.1, 0.15) is 36.6 Å². The van der Waals surface area contributed by atoms with E-state index in [1.54, 1.807) is 41.8 Å². The summed E-state index contributed by atoms with van der Waals surface area (Å²) < 4.78 is 16.3. The molecule has 0 fully saturated rings. The number of fused-ring (bicyclic) bond motifs is 1. The average Bonchev–Trinajstić information content (AvgIpc) is 3.46. The van der Waals surface area contributed by atoms with Crippen molar-refractivity contribution >= 4 is 33.9 Å². The molecule has 3 aromatic carbocycles. The minimum atomic E-state index is -0.462. The van der Waals surface area contributed by atoms with E-state index >= 15 is 0 Å². The topological polar surface area (TPSA) is 82.1 Å². The molecule has 8 heteroatoms. The Morgan fingerprint density at radius 1 is 0.750 bits per heavy atom. The van der Waals surface area contributed by atoms with Gasteiger partial charge in [-0.25, -0.2) is 4.90 Å². The fourth-order valence-corrected chi connectivity index (χ4v) is 5.37. The third-order valence-electron chi connectivity index (χ3n) is 6.01. The fraction of sp³-hybridized carbons (Fsp3) is 0.107. The number of ether oxygens (including phenoxy) is 3. The number of anilines is 1. The highest BCUT2D eigenvalue weighted by Gasteiger charge is 2.40. The van der Waals surface area contributed by atoms with Crippen LogP contribution in [0.2, 0.25) is 0 Å². The van der Waals surface area contributed by atoms with E-state index < -0.39 is 11.8 Å². The van der Waals surface area contributed by atoms with Gasteiger partial charge in [-0.1, -0.05) is 42.5 Å². The number of ketones is 1. The summed E-state index contributed by atoms with van der Waals surface area (Å²) in [5, 5.41) is 2.05. The lowest BCUT2D eigenvalue weighted by Gasteiger charge is -2.17. The maximum atomic E-state index is 14.1. The van der Waals surface area contributed by atoms with E-state index in [1.807, 2.05) is 30.3 Å². The van der Waals surface area contributed by atoms with Gasteiger partial charge in [-0.2, -0.15) is 0 Å². The number of rotatable bonds is 7. The molecular weight excluding hydrogens is 478 g/mol. The monoisotopic (exact) mass is 499 g/mol. The molecule has 0 radical (unpaired) electrons. The lowest BCUT2D eigenvalue weighted by molar-refractivity contribution is 0.0927. The minimum absolute atomic E-state index is 0.245. The number of methoxy groups -OCH3 is 3. The van der Waals surface area contributed by atoms with Crippen LogP contribution < -0.4 is 19.1 Å². The Balaban J connectivity index is 1.71. The summed E-state index contributed by atoms with van der Waals surface area (Å²) in [6.45, 7) is 0. The zero-order chi connectivity index (χ0) is 25.4. The molecule has 1 aromatic heterocycles. The Morgan fingerprint density at radius 2 is 1.31 bits per heavy atom. The minimum Gasteiger partial charge on any atom is -0.493 e. The molecular formula is C28H21NO6S. The SMILES string of the molecule is COc1cc(C(=O)c2c(-c3ccccc3)csc2N2C(=O)c3ccccc3C2=O)cc(OC)c1OC. The molecule has 2 heterocycles. The second-order valence-electron chi connectivity index (χ2n) is 7.93. The molecule has 7 nitrogen and oxygen atoms in total. The standard InChI is InChI=1S/C28H21NO6S/c1-33-21-13-17(14-22(34-2)25(21)35-3)24(30)23-20(16-9-5-4-6-10-16)15-36-28(23)29-26(31)18-11-7-8-12-19(18)27(29)32/h4-15H,1-3H3. The highest BCUT2D eigenvalue weighted by Crippen LogP contribution is 2.44. The third kappa shape index (κ3) is 3.63. The van der Waals surface area contributed by atoms with Crippen LogP contribution >= 0.6 is 11.3 Å². The van der Waals surface area contributed by atoms with Crippen LogP contribution in [0.15, 0.2) is 72.1 Å². The summed E-state index contributed by atoms with van der Waals surface area (Å²) in [4.78, 5) is 41.8. The van der Waals surface area contributed by atoms with E-state index in [0.717, 1.165) is 10.5 Å². The van der Waals surface area contributed by atoms with Gasteiger partial charge in [-0.3, -0.25) is 14.4 Å². The first-order valence-electron chi connectivity index (χ1n) is 11.0. The summed E-state index contributed by atoms with van der Waals surface area (Å²) in [6.07, 6.45) is 0. The van der Waals surface area contributed by atoms with Gasteiger partial charge in [0.1, 0.15) is 5.00 Å². The van der Waals surface area contributed by atoms with Crippen molar-refractivity contribution < 1.29 is 28.6 Å². The van der Waals surface area contributed by atoms with Crippen LogP contribution in [-0.2, 0) is 0 Å². The van der Waals surface area contributed by atoms with Crippen LogP contribution in [0.5, 0.6) is 17.2 Å². The van der Waals surface area contributed by atoms with Gasteiger partial charge < -0.3 is 14.2 Å². The van der Waals surface area contributed by atoms with Gasteiger partial charge in [0.25, 0.3) is 11.8 Å². The molecule has 180 valence electrons. The summed E-state index contributed by atoms with van der Waals surface area (Å²) in [7, 11) is 4.42. The first-order valence-corrected chi connectivity index (χ1v) is 11.9. The largest absolute Gasteiger partial charge is 0.493 e. The molecule has 0 unspecified atom stereocenters. The average molecular weight is 500 g/mol. The van der Waals surface area contributed by atoms with Crippen molar-refractivity contribution in [3.05, 3.63) is 94.4 Å². The lowest BCUT2D eigenvalue weighted by Crippen LogP contribution is -2.30. The molecule has 2 amide bonds. The van der Waals surface area contributed by atoms with E-state index in [-0.39, 0.29) is 21.9 Å². The van der Waals surface area contributed by atoms with Crippen molar-refractivity contribution in [2.24, 2.45) is 0 Å². The van der Waals surface area contributed by atoms with Gasteiger partial charge in [0.2, 0.25) is 5.75 Å². The van der Waals surface area contributed by atoms with Gasteiger partial charge >= 0.3 is 0 Å². The first kappa shape index (κ1) is 23.3. The summed E-state index contributed by atoms with van der Waals surface area (Å²) in [6, 6.07) is 19.1. The Bertz CT molecular complexity index is 1450. The molecule has 5 rings (SSSR count). The molecule has 36 heavy (non-hydrogen) atoms. The Hall–Kier alpha value is -4.43. The second-order valence-corrected chi connectivity index (χ2v) is 8.79. The van der Waals surface area contributed by atoms with Crippen molar-refractivity contribution in [2.45, 2.75) is 0 Å². The molecule has 0 aliphatic carbocycles. The molecule has 0 saturated heterocycles. The van der Waals surface area contributed by atoms with Crippen molar-refractivity contribution in [2.75, 3.05) is 26.2 Å². The van der Waals surface area contributed by atoms with E-state index in [4.69, 9.17) is 14.2 Å². The van der Waals surface area contributed by atoms with Gasteiger partial charge in [-0.05, 0) is 29.8 Å². The van der Waals surface area contributed by atoms with Crippen molar-refractivity contribution in [1.82, 2.24) is 0 Å². The van der Waals surface area contributed by atoms with Crippen LogP contribution in [0.3, 0.4) is 0 Å². The molecule has 1 aliphatic rings. The zero-order valence-electron chi connectivity index (χ0n) is 19.7. The zero-order valence-corrected chi connectivity index (χ0v) is 20.5. The van der Waals surface area contributed by atoms with Gasteiger partial charge in [0, 0.05) is 16.5 Å². The molecule has 0 saturated carbocycles. The number of imide groups is 1. The number of hydrogen-bond acceptors (Lipinski definition) is 7. The van der Waals surface area contributed by atoms with Gasteiger partial charge in [0.15, 0.2) is 17.3 Å². The Morgan fingerprint density at radius 3 is 1.83 bits per heavy atom. The number of benzene rings is 3. The number of amides is 2. The van der Waals surface area contributed by atoms with Gasteiger partial charge in [0.05, 0.1) is 38.0 Å². The lowest BCUT2D eigenvalue weighted by atomic mass is 9.96. The molecule has 4 aromatic rings. The van der Waals surface area contributed by atoms with E-state index in [9.17, 15) is 14.4 Å². The van der Waals surface area contributed by atoms with Crippen LogP contribution in [0.4, 0.5) is 5.00 Å². The van der Waals surface area contributed by atoms with E-state index in [2.05, 4.69) is 0 Å². The smallest absolute Gasteiger partial charge is 0.266 e. The van der Waals surface area contributed by atoms with Crippen molar-refractivity contribution in [3.8, 4) is 28.4 Å². The highest BCUT2D eigenvalue weighted by molar-refractivity contribution is 7.15. The normalized spacial score (nSPS) is 12.5. The number of hydrogen-bond donors (Lipinski definition) is 0. The second kappa shape index (κ2) is 9.31. The summed E-state index contributed by atoms with van der Waals surface area (Å²) >= 11 is 1.17. The molecule has 0 spiro atoms. The van der Waals surface area contributed by atoms with Gasteiger partial charge in [-0.15, -0.1) is 11.3 Å². The number of carbonyl (C=O) groups excluding carboxylic acids is 3. The molecule has 1 aliphatic heterocycles. The van der Waals surface area contributed by atoms with Crippen molar-refractivity contribution in [1.29, 1.82) is 0 Å².